The minimum Gasteiger partial charge on any atom is -0.310 e. The lowest BCUT2D eigenvalue weighted by atomic mass is 10.1. The van der Waals surface area contributed by atoms with E-state index in [1.807, 2.05) is 0 Å². The van der Waals surface area contributed by atoms with E-state index in [4.69, 9.17) is 0 Å². The van der Waals surface area contributed by atoms with Crippen molar-refractivity contribution in [3.05, 3.63) is 35.4 Å². The quantitative estimate of drug-likeness (QED) is 0.703. The maximum atomic E-state index is 3.52. The SMILES string of the molecule is CCCCNC(C)c1ccc(C)cc1. The van der Waals surface area contributed by atoms with Crippen molar-refractivity contribution < 1.29 is 0 Å². The largest absolute Gasteiger partial charge is 0.310 e. The molecule has 0 aliphatic rings. The highest BCUT2D eigenvalue weighted by Gasteiger charge is 2.02. The van der Waals surface area contributed by atoms with E-state index in [2.05, 4.69) is 50.4 Å². The maximum Gasteiger partial charge on any atom is 0.0291 e. The van der Waals surface area contributed by atoms with Crippen LogP contribution in [-0.2, 0) is 0 Å². The van der Waals surface area contributed by atoms with Crippen molar-refractivity contribution in [2.75, 3.05) is 6.54 Å². The van der Waals surface area contributed by atoms with Crippen LogP contribution in [0.2, 0.25) is 0 Å². The molecular formula is C13H21N. The van der Waals surface area contributed by atoms with Gasteiger partial charge in [0.15, 0.2) is 0 Å². The van der Waals surface area contributed by atoms with E-state index in [-0.39, 0.29) is 0 Å². The van der Waals surface area contributed by atoms with E-state index in [9.17, 15) is 0 Å². The van der Waals surface area contributed by atoms with Crippen molar-refractivity contribution in [3.8, 4) is 0 Å². The second kappa shape index (κ2) is 5.82. The average molecular weight is 191 g/mol. The van der Waals surface area contributed by atoms with Crippen molar-refractivity contribution in [1.82, 2.24) is 5.32 Å². The normalized spacial score (nSPS) is 12.8. The fourth-order valence-corrected chi connectivity index (χ4v) is 1.47. The highest BCUT2D eigenvalue weighted by atomic mass is 14.9. The van der Waals surface area contributed by atoms with Crippen molar-refractivity contribution in [2.45, 2.75) is 39.7 Å². The third-order valence-corrected chi connectivity index (χ3v) is 2.56. The molecule has 0 aromatic heterocycles. The second-order valence-corrected chi connectivity index (χ2v) is 3.94. The summed E-state index contributed by atoms with van der Waals surface area (Å²) in [6.07, 6.45) is 2.52. The zero-order chi connectivity index (χ0) is 10.4. The molecule has 1 aromatic rings. The summed E-state index contributed by atoms with van der Waals surface area (Å²) in [7, 11) is 0. The van der Waals surface area contributed by atoms with Gasteiger partial charge in [-0.3, -0.25) is 0 Å². The van der Waals surface area contributed by atoms with Gasteiger partial charge in [-0.25, -0.2) is 0 Å². The molecule has 0 bridgehead atoms. The molecule has 0 spiro atoms. The Hall–Kier alpha value is -0.820. The van der Waals surface area contributed by atoms with Crippen LogP contribution in [0.1, 0.15) is 43.9 Å². The molecular weight excluding hydrogens is 170 g/mol. The summed E-state index contributed by atoms with van der Waals surface area (Å²) >= 11 is 0. The first-order valence-electron chi connectivity index (χ1n) is 5.54. The number of hydrogen-bond donors (Lipinski definition) is 1. The summed E-state index contributed by atoms with van der Waals surface area (Å²) in [5.74, 6) is 0. The number of aryl methyl sites for hydroxylation is 1. The Kier molecular flexibility index (Phi) is 4.68. The van der Waals surface area contributed by atoms with Gasteiger partial charge >= 0.3 is 0 Å². The Labute approximate surface area is 87.5 Å². The van der Waals surface area contributed by atoms with Gasteiger partial charge in [0.2, 0.25) is 0 Å². The van der Waals surface area contributed by atoms with E-state index in [0.29, 0.717) is 6.04 Å². The van der Waals surface area contributed by atoms with Crippen molar-refractivity contribution in [3.63, 3.8) is 0 Å². The number of hydrogen-bond acceptors (Lipinski definition) is 1. The van der Waals surface area contributed by atoms with Crippen LogP contribution in [0.3, 0.4) is 0 Å². The molecule has 1 rings (SSSR count). The molecule has 0 amide bonds. The van der Waals surface area contributed by atoms with E-state index in [0.717, 1.165) is 6.54 Å². The first-order valence-corrected chi connectivity index (χ1v) is 5.54. The minimum absolute atomic E-state index is 0.474. The lowest BCUT2D eigenvalue weighted by Crippen LogP contribution is -2.19. The molecule has 14 heavy (non-hydrogen) atoms. The van der Waals surface area contributed by atoms with Crippen molar-refractivity contribution in [2.24, 2.45) is 0 Å². The molecule has 78 valence electrons. The Morgan fingerprint density at radius 2 is 1.86 bits per heavy atom. The third-order valence-electron chi connectivity index (χ3n) is 2.56. The molecule has 1 unspecified atom stereocenters. The van der Waals surface area contributed by atoms with E-state index in [1.54, 1.807) is 0 Å². The number of nitrogens with one attached hydrogen (secondary N) is 1. The number of rotatable bonds is 5. The van der Waals surface area contributed by atoms with Crippen LogP contribution in [0.4, 0.5) is 0 Å². The Morgan fingerprint density at radius 1 is 1.21 bits per heavy atom. The molecule has 0 heterocycles. The Balaban J connectivity index is 2.43. The zero-order valence-electron chi connectivity index (χ0n) is 9.51. The molecule has 0 aliphatic heterocycles. The summed E-state index contributed by atoms with van der Waals surface area (Å²) in [6, 6.07) is 9.24. The smallest absolute Gasteiger partial charge is 0.0291 e. The topological polar surface area (TPSA) is 12.0 Å². The van der Waals surface area contributed by atoms with Crippen LogP contribution < -0.4 is 5.32 Å². The van der Waals surface area contributed by atoms with Crippen LogP contribution >= 0.6 is 0 Å². The van der Waals surface area contributed by atoms with Gasteiger partial charge in [-0.2, -0.15) is 0 Å². The molecule has 0 saturated carbocycles. The molecule has 0 aliphatic carbocycles. The summed E-state index contributed by atoms with van der Waals surface area (Å²) in [5.41, 5.74) is 2.71. The summed E-state index contributed by atoms with van der Waals surface area (Å²) < 4.78 is 0. The fraction of sp³-hybridized carbons (Fsp3) is 0.538. The predicted molar refractivity (Wildman–Crippen MR) is 62.5 cm³/mol. The molecule has 1 nitrogen and oxygen atoms in total. The zero-order valence-corrected chi connectivity index (χ0v) is 9.51. The molecule has 1 aromatic carbocycles. The molecule has 1 N–H and O–H groups in total. The monoisotopic (exact) mass is 191 g/mol. The van der Waals surface area contributed by atoms with Gasteiger partial charge in [0.1, 0.15) is 0 Å². The van der Waals surface area contributed by atoms with Gasteiger partial charge in [0.25, 0.3) is 0 Å². The molecule has 0 saturated heterocycles. The van der Waals surface area contributed by atoms with Crippen LogP contribution in [0.25, 0.3) is 0 Å². The van der Waals surface area contributed by atoms with Gasteiger partial charge in [-0.15, -0.1) is 0 Å². The molecule has 1 atom stereocenters. The van der Waals surface area contributed by atoms with E-state index >= 15 is 0 Å². The van der Waals surface area contributed by atoms with Gasteiger partial charge in [-0.1, -0.05) is 43.2 Å². The predicted octanol–water partition coefficient (Wildman–Crippen LogP) is 3.45. The van der Waals surface area contributed by atoms with Crippen LogP contribution in [0.5, 0.6) is 0 Å². The van der Waals surface area contributed by atoms with Crippen molar-refractivity contribution in [1.29, 1.82) is 0 Å². The highest BCUT2D eigenvalue weighted by molar-refractivity contribution is 5.23. The van der Waals surface area contributed by atoms with Crippen LogP contribution in [0.15, 0.2) is 24.3 Å². The first-order chi connectivity index (χ1) is 6.74. The summed E-state index contributed by atoms with van der Waals surface area (Å²) in [4.78, 5) is 0. The van der Waals surface area contributed by atoms with Gasteiger partial charge < -0.3 is 5.32 Å². The Bertz CT molecular complexity index is 250. The van der Waals surface area contributed by atoms with Crippen molar-refractivity contribution >= 4 is 0 Å². The number of benzene rings is 1. The molecule has 1 heteroatoms. The fourth-order valence-electron chi connectivity index (χ4n) is 1.47. The average Bonchev–Trinajstić information content (AvgIpc) is 2.19. The third kappa shape index (κ3) is 3.51. The van der Waals surface area contributed by atoms with E-state index in [1.165, 1.54) is 24.0 Å². The van der Waals surface area contributed by atoms with Gasteiger partial charge in [0.05, 0.1) is 0 Å². The maximum absolute atomic E-state index is 3.52. The van der Waals surface area contributed by atoms with Gasteiger partial charge in [0, 0.05) is 6.04 Å². The number of unbranched alkanes of at least 4 members (excludes halogenated alkanes) is 1. The Morgan fingerprint density at radius 3 is 2.43 bits per heavy atom. The lowest BCUT2D eigenvalue weighted by molar-refractivity contribution is 0.554. The lowest BCUT2D eigenvalue weighted by Gasteiger charge is -2.13. The van der Waals surface area contributed by atoms with Gasteiger partial charge in [-0.05, 0) is 32.4 Å². The highest BCUT2D eigenvalue weighted by Crippen LogP contribution is 2.12. The summed E-state index contributed by atoms with van der Waals surface area (Å²) in [5, 5.41) is 3.52. The molecule has 0 fully saturated rings. The summed E-state index contributed by atoms with van der Waals surface area (Å²) in [6.45, 7) is 7.68. The first kappa shape index (κ1) is 11.3. The van der Waals surface area contributed by atoms with Crippen LogP contribution in [0, 0.1) is 6.92 Å². The second-order valence-electron chi connectivity index (χ2n) is 3.94. The minimum atomic E-state index is 0.474. The van der Waals surface area contributed by atoms with Crippen LogP contribution in [-0.4, -0.2) is 6.54 Å². The standard InChI is InChI=1S/C13H21N/c1-4-5-10-14-12(3)13-8-6-11(2)7-9-13/h6-9,12,14H,4-5,10H2,1-3H3. The van der Waals surface area contributed by atoms with E-state index < -0.39 is 0 Å². The molecule has 0 radical (unpaired) electrons.